The van der Waals surface area contributed by atoms with Gasteiger partial charge in [0.05, 0.1) is 7.11 Å². The third-order valence-electron chi connectivity index (χ3n) is 2.65. The van der Waals surface area contributed by atoms with E-state index < -0.39 is 6.04 Å². The molecule has 19 heavy (non-hydrogen) atoms. The maximum absolute atomic E-state index is 12.1. The molecule has 2 amide bonds. The summed E-state index contributed by atoms with van der Waals surface area (Å²) in [6.45, 7) is 5.16. The zero-order valence-electron chi connectivity index (χ0n) is 11.7. The Hall–Kier alpha value is -2.04. The van der Waals surface area contributed by atoms with Crippen molar-refractivity contribution in [1.82, 2.24) is 5.32 Å². The van der Waals surface area contributed by atoms with E-state index in [0.29, 0.717) is 11.4 Å². The maximum Gasteiger partial charge on any atom is 0.247 e. The number of methoxy groups -OCH3 is 1. The minimum atomic E-state index is -0.552. The number of hydrogen-bond acceptors (Lipinski definition) is 3. The molecule has 0 aliphatic carbocycles. The Kier molecular flexibility index (Phi) is 5.36. The Morgan fingerprint density at radius 2 is 1.95 bits per heavy atom. The number of nitrogens with one attached hydrogen (secondary N) is 2. The molecule has 0 saturated heterocycles. The number of anilines is 1. The molecule has 1 aromatic rings. The van der Waals surface area contributed by atoms with E-state index >= 15 is 0 Å². The molecule has 0 spiro atoms. The van der Waals surface area contributed by atoms with Crippen molar-refractivity contribution in [3.8, 4) is 5.75 Å². The highest BCUT2D eigenvalue weighted by Gasteiger charge is 2.22. The number of carbonyl (C=O) groups excluding carboxylic acids is 2. The molecule has 1 aromatic carbocycles. The van der Waals surface area contributed by atoms with Gasteiger partial charge in [-0.05, 0) is 18.1 Å². The van der Waals surface area contributed by atoms with Crippen molar-refractivity contribution < 1.29 is 14.3 Å². The zero-order chi connectivity index (χ0) is 14.4. The van der Waals surface area contributed by atoms with Crippen LogP contribution in [0.2, 0.25) is 0 Å². The summed E-state index contributed by atoms with van der Waals surface area (Å²) >= 11 is 0. The first kappa shape index (κ1) is 15.0. The zero-order valence-corrected chi connectivity index (χ0v) is 11.7. The van der Waals surface area contributed by atoms with Crippen molar-refractivity contribution in [2.24, 2.45) is 5.92 Å². The summed E-state index contributed by atoms with van der Waals surface area (Å²) in [6.07, 6.45) is 0. The molecule has 104 valence electrons. The standard InChI is InChI=1S/C14H20N2O3/c1-9(2)13(15-10(3)17)14(18)16-11-6-5-7-12(8-11)19-4/h5-9,13H,1-4H3,(H,15,17)(H,16,18)/t13-/m0/s1. The van der Waals surface area contributed by atoms with Gasteiger partial charge in [0.25, 0.3) is 0 Å². The van der Waals surface area contributed by atoms with Gasteiger partial charge in [0.15, 0.2) is 0 Å². The number of rotatable bonds is 5. The van der Waals surface area contributed by atoms with E-state index in [2.05, 4.69) is 10.6 Å². The van der Waals surface area contributed by atoms with Gasteiger partial charge in [0.1, 0.15) is 11.8 Å². The number of benzene rings is 1. The lowest BCUT2D eigenvalue weighted by atomic mass is 10.0. The van der Waals surface area contributed by atoms with Gasteiger partial charge in [0.2, 0.25) is 11.8 Å². The smallest absolute Gasteiger partial charge is 0.247 e. The summed E-state index contributed by atoms with van der Waals surface area (Å²) in [5, 5.41) is 5.42. The average molecular weight is 264 g/mol. The second-order valence-corrected chi connectivity index (χ2v) is 4.64. The molecule has 0 bridgehead atoms. The highest BCUT2D eigenvalue weighted by Crippen LogP contribution is 2.17. The lowest BCUT2D eigenvalue weighted by Gasteiger charge is -2.21. The van der Waals surface area contributed by atoms with Crippen LogP contribution in [-0.4, -0.2) is 25.0 Å². The molecule has 0 unspecified atom stereocenters. The molecular formula is C14H20N2O3. The molecular weight excluding hydrogens is 244 g/mol. The third-order valence-corrected chi connectivity index (χ3v) is 2.65. The van der Waals surface area contributed by atoms with E-state index in [-0.39, 0.29) is 17.7 Å². The van der Waals surface area contributed by atoms with Gasteiger partial charge in [-0.3, -0.25) is 9.59 Å². The Morgan fingerprint density at radius 3 is 2.47 bits per heavy atom. The van der Waals surface area contributed by atoms with E-state index in [1.165, 1.54) is 6.92 Å². The largest absolute Gasteiger partial charge is 0.497 e. The van der Waals surface area contributed by atoms with Gasteiger partial charge in [-0.15, -0.1) is 0 Å². The molecule has 1 atom stereocenters. The van der Waals surface area contributed by atoms with E-state index in [1.807, 2.05) is 13.8 Å². The molecule has 0 saturated carbocycles. The van der Waals surface area contributed by atoms with Crippen LogP contribution in [-0.2, 0) is 9.59 Å². The average Bonchev–Trinajstić information content (AvgIpc) is 2.35. The second kappa shape index (κ2) is 6.78. The Morgan fingerprint density at radius 1 is 1.26 bits per heavy atom. The van der Waals surface area contributed by atoms with Gasteiger partial charge in [0, 0.05) is 18.7 Å². The predicted molar refractivity (Wildman–Crippen MR) is 74.1 cm³/mol. The summed E-state index contributed by atoms with van der Waals surface area (Å²) in [7, 11) is 1.56. The van der Waals surface area contributed by atoms with E-state index in [4.69, 9.17) is 4.74 Å². The number of carbonyl (C=O) groups is 2. The lowest BCUT2D eigenvalue weighted by molar-refractivity contribution is -0.126. The van der Waals surface area contributed by atoms with Gasteiger partial charge >= 0.3 is 0 Å². The van der Waals surface area contributed by atoms with Gasteiger partial charge in [-0.2, -0.15) is 0 Å². The summed E-state index contributed by atoms with van der Waals surface area (Å²) in [4.78, 5) is 23.2. The van der Waals surface area contributed by atoms with Crippen molar-refractivity contribution in [2.45, 2.75) is 26.8 Å². The van der Waals surface area contributed by atoms with E-state index in [9.17, 15) is 9.59 Å². The summed E-state index contributed by atoms with van der Waals surface area (Å²) in [5.74, 6) is 0.214. The van der Waals surface area contributed by atoms with Crippen molar-refractivity contribution in [3.05, 3.63) is 24.3 Å². The molecule has 0 fully saturated rings. The Balaban J connectivity index is 2.77. The summed E-state index contributed by atoms with van der Waals surface area (Å²) in [5.41, 5.74) is 0.639. The fourth-order valence-electron chi connectivity index (χ4n) is 1.67. The Labute approximate surface area is 113 Å². The summed E-state index contributed by atoms with van der Waals surface area (Å²) < 4.78 is 5.09. The predicted octanol–water partition coefficient (Wildman–Crippen LogP) is 1.79. The van der Waals surface area contributed by atoms with Gasteiger partial charge < -0.3 is 15.4 Å². The fourth-order valence-corrected chi connectivity index (χ4v) is 1.67. The molecule has 5 nitrogen and oxygen atoms in total. The third kappa shape index (κ3) is 4.62. The first-order valence-electron chi connectivity index (χ1n) is 6.16. The van der Waals surface area contributed by atoms with Crippen LogP contribution in [0.1, 0.15) is 20.8 Å². The van der Waals surface area contributed by atoms with Crippen molar-refractivity contribution in [1.29, 1.82) is 0 Å². The second-order valence-electron chi connectivity index (χ2n) is 4.64. The van der Waals surface area contributed by atoms with Gasteiger partial charge in [-0.25, -0.2) is 0 Å². The molecule has 1 rings (SSSR count). The molecule has 2 N–H and O–H groups in total. The normalized spacial score (nSPS) is 11.8. The first-order chi connectivity index (χ1) is 8.93. The molecule has 0 heterocycles. The molecule has 0 aliphatic heterocycles. The van der Waals surface area contributed by atoms with Crippen molar-refractivity contribution in [2.75, 3.05) is 12.4 Å². The minimum Gasteiger partial charge on any atom is -0.497 e. The molecule has 0 radical (unpaired) electrons. The first-order valence-corrected chi connectivity index (χ1v) is 6.16. The lowest BCUT2D eigenvalue weighted by Crippen LogP contribution is -2.46. The van der Waals surface area contributed by atoms with E-state index in [0.717, 1.165) is 0 Å². The van der Waals surface area contributed by atoms with Crippen LogP contribution in [0.5, 0.6) is 5.75 Å². The van der Waals surface area contributed by atoms with Crippen LogP contribution >= 0.6 is 0 Å². The number of ether oxygens (including phenoxy) is 1. The summed E-state index contributed by atoms with van der Waals surface area (Å²) in [6, 6.07) is 6.53. The molecule has 5 heteroatoms. The van der Waals surface area contributed by atoms with E-state index in [1.54, 1.807) is 31.4 Å². The molecule has 0 aliphatic rings. The number of hydrogen-bond donors (Lipinski definition) is 2. The topological polar surface area (TPSA) is 67.4 Å². The molecule has 0 aromatic heterocycles. The number of amides is 2. The minimum absolute atomic E-state index is 0.00880. The van der Waals surface area contributed by atoms with Crippen LogP contribution in [0, 0.1) is 5.92 Å². The SMILES string of the molecule is COc1cccc(NC(=O)[C@@H](NC(C)=O)C(C)C)c1. The quantitative estimate of drug-likeness (QED) is 0.852. The Bertz CT molecular complexity index is 458. The van der Waals surface area contributed by atoms with Crippen LogP contribution in [0.3, 0.4) is 0 Å². The van der Waals surface area contributed by atoms with Crippen LogP contribution < -0.4 is 15.4 Å². The van der Waals surface area contributed by atoms with Crippen molar-refractivity contribution in [3.63, 3.8) is 0 Å². The van der Waals surface area contributed by atoms with Crippen molar-refractivity contribution >= 4 is 17.5 Å². The van der Waals surface area contributed by atoms with Crippen LogP contribution in [0.4, 0.5) is 5.69 Å². The van der Waals surface area contributed by atoms with Gasteiger partial charge in [-0.1, -0.05) is 19.9 Å². The fraction of sp³-hybridized carbons (Fsp3) is 0.429. The monoisotopic (exact) mass is 264 g/mol. The van der Waals surface area contributed by atoms with Crippen LogP contribution in [0.15, 0.2) is 24.3 Å². The highest BCUT2D eigenvalue weighted by molar-refractivity contribution is 5.97. The highest BCUT2D eigenvalue weighted by atomic mass is 16.5. The van der Waals surface area contributed by atoms with Crippen LogP contribution in [0.25, 0.3) is 0 Å². The maximum atomic E-state index is 12.1.